The van der Waals surface area contributed by atoms with Gasteiger partial charge in [0.05, 0.1) is 40.5 Å². The van der Waals surface area contributed by atoms with Gasteiger partial charge in [-0.2, -0.15) is 0 Å². The molecule has 11 heteroatoms. The molecule has 192 valence electrons. The third kappa shape index (κ3) is 5.23. The van der Waals surface area contributed by atoms with Crippen molar-refractivity contribution in [3.8, 4) is 11.5 Å². The second-order valence-corrected chi connectivity index (χ2v) is 9.78. The van der Waals surface area contributed by atoms with E-state index >= 15 is 0 Å². The van der Waals surface area contributed by atoms with Crippen LogP contribution in [0.1, 0.15) is 30.5 Å². The zero-order chi connectivity index (χ0) is 26.7. The molecule has 9 nitrogen and oxygen atoms in total. The van der Waals surface area contributed by atoms with Crippen LogP contribution in [0.3, 0.4) is 0 Å². The average Bonchev–Trinajstić information content (AvgIpc) is 3.20. The Morgan fingerprint density at radius 3 is 2.57 bits per heavy atom. The molecule has 0 unspecified atom stereocenters. The number of thiazole rings is 1. The number of ether oxygens (including phenoxy) is 3. The molecule has 0 fully saturated rings. The molecule has 37 heavy (non-hydrogen) atoms. The predicted molar refractivity (Wildman–Crippen MR) is 141 cm³/mol. The van der Waals surface area contributed by atoms with Gasteiger partial charge < -0.3 is 19.3 Å². The third-order valence-corrected chi connectivity index (χ3v) is 7.23. The van der Waals surface area contributed by atoms with Gasteiger partial charge in [0.15, 0.2) is 22.9 Å². The minimum atomic E-state index is -1.12. The molecule has 0 saturated heterocycles. The van der Waals surface area contributed by atoms with Crippen LogP contribution in [0.2, 0.25) is 0 Å². The van der Waals surface area contributed by atoms with Gasteiger partial charge in [0.25, 0.3) is 5.56 Å². The van der Waals surface area contributed by atoms with Crippen LogP contribution in [-0.4, -0.2) is 42.4 Å². The zero-order valence-corrected chi connectivity index (χ0v) is 22.6. The first-order valence-electron chi connectivity index (χ1n) is 11.2. The Morgan fingerprint density at radius 1 is 1.22 bits per heavy atom. The van der Waals surface area contributed by atoms with E-state index in [0.717, 1.165) is 5.56 Å². The Labute approximate surface area is 224 Å². The van der Waals surface area contributed by atoms with Gasteiger partial charge in [0.1, 0.15) is 0 Å². The van der Waals surface area contributed by atoms with Crippen LogP contribution < -0.4 is 24.4 Å². The summed E-state index contributed by atoms with van der Waals surface area (Å²) in [5, 5.41) is 8.93. The Morgan fingerprint density at radius 2 is 1.95 bits per heavy atom. The van der Waals surface area contributed by atoms with E-state index in [-0.39, 0.29) is 11.3 Å². The number of fused-ring (bicyclic) bond motifs is 1. The predicted octanol–water partition coefficient (Wildman–Crippen LogP) is 3.03. The highest BCUT2D eigenvalue weighted by molar-refractivity contribution is 9.10. The molecule has 0 saturated carbocycles. The first-order chi connectivity index (χ1) is 17.8. The summed E-state index contributed by atoms with van der Waals surface area (Å²) in [7, 11) is 2.75. The number of carboxylic acid groups (broad SMARTS) is 1. The fourth-order valence-corrected chi connectivity index (χ4v) is 5.66. The Hall–Kier alpha value is -3.70. The van der Waals surface area contributed by atoms with Gasteiger partial charge in [0, 0.05) is 0 Å². The van der Waals surface area contributed by atoms with E-state index < -0.39 is 24.6 Å². The van der Waals surface area contributed by atoms with Crippen LogP contribution >= 0.6 is 27.3 Å². The van der Waals surface area contributed by atoms with Crippen LogP contribution in [0.4, 0.5) is 0 Å². The molecule has 1 aromatic heterocycles. The van der Waals surface area contributed by atoms with Crippen molar-refractivity contribution in [2.75, 3.05) is 20.8 Å². The quantitative estimate of drug-likeness (QED) is 0.403. The summed E-state index contributed by atoms with van der Waals surface area (Å²) in [6.07, 6.45) is 2.18. The maximum absolute atomic E-state index is 13.7. The van der Waals surface area contributed by atoms with Crippen molar-refractivity contribution in [2.45, 2.75) is 19.4 Å². The number of rotatable bonds is 8. The fraction of sp³-hybridized carbons (Fsp3) is 0.231. The first-order valence-corrected chi connectivity index (χ1v) is 12.8. The summed E-state index contributed by atoms with van der Waals surface area (Å²) in [5.41, 5.74) is 1.98. The minimum absolute atomic E-state index is 0.239. The number of halogens is 1. The third-order valence-electron chi connectivity index (χ3n) is 5.66. The highest BCUT2D eigenvalue weighted by atomic mass is 79.9. The molecule has 0 amide bonds. The fourth-order valence-electron chi connectivity index (χ4n) is 4.06. The largest absolute Gasteiger partial charge is 0.493 e. The molecule has 1 aliphatic rings. The lowest BCUT2D eigenvalue weighted by Gasteiger charge is -2.25. The van der Waals surface area contributed by atoms with Crippen molar-refractivity contribution in [3.05, 3.63) is 89.0 Å². The molecule has 1 aliphatic heterocycles. The summed E-state index contributed by atoms with van der Waals surface area (Å²) >= 11 is 4.60. The van der Waals surface area contributed by atoms with Gasteiger partial charge in [-0.1, -0.05) is 48.6 Å². The standard InChI is InChI=1S/C26H23BrN2O7S/c1-4-17-21(25(33)35-3)22(15-8-6-5-7-9-15)29-24(32)19(37-26(29)28-17)12-14-10-16(27)23(18(11-14)34-2)36-13-20(30)31/h5-12,22H,4,13H2,1-3H3,(H,30,31)/b19-12-/t22-/m0/s1. The van der Waals surface area contributed by atoms with Gasteiger partial charge in [-0.05, 0) is 51.7 Å². The van der Waals surface area contributed by atoms with Gasteiger partial charge in [0.2, 0.25) is 0 Å². The van der Waals surface area contributed by atoms with E-state index in [1.165, 1.54) is 30.1 Å². The maximum Gasteiger partial charge on any atom is 0.341 e. The van der Waals surface area contributed by atoms with Crippen LogP contribution in [0.5, 0.6) is 11.5 Å². The van der Waals surface area contributed by atoms with Crippen LogP contribution in [0.25, 0.3) is 6.08 Å². The minimum Gasteiger partial charge on any atom is -0.493 e. The highest BCUT2D eigenvalue weighted by Crippen LogP contribution is 2.37. The van der Waals surface area contributed by atoms with Crippen molar-refractivity contribution in [3.63, 3.8) is 0 Å². The molecule has 0 radical (unpaired) electrons. The second-order valence-electron chi connectivity index (χ2n) is 7.92. The number of carboxylic acids is 1. The number of carbonyl (C=O) groups is 2. The molecule has 0 aliphatic carbocycles. The van der Waals surface area contributed by atoms with E-state index in [4.69, 9.17) is 19.3 Å². The number of hydrogen-bond acceptors (Lipinski definition) is 8. The molecule has 1 N–H and O–H groups in total. The monoisotopic (exact) mass is 586 g/mol. The highest BCUT2D eigenvalue weighted by Gasteiger charge is 2.33. The molecular formula is C26H23BrN2O7S. The molecule has 3 aromatic rings. The lowest BCUT2D eigenvalue weighted by molar-refractivity contribution is -0.139. The summed E-state index contributed by atoms with van der Waals surface area (Å²) < 4.78 is 18.2. The van der Waals surface area contributed by atoms with Crippen molar-refractivity contribution in [2.24, 2.45) is 4.99 Å². The number of nitrogens with zero attached hydrogens (tertiary/aromatic N) is 2. The van der Waals surface area contributed by atoms with E-state index in [1.807, 2.05) is 37.3 Å². The van der Waals surface area contributed by atoms with Gasteiger partial charge in [-0.3, -0.25) is 9.36 Å². The lowest BCUT2D eigenvalue weighted by Crippen LogP contribution is -2.40. The summed E-state index contributed by atoms with van der Waals surface area (Å²) in [6, 6.07) is 12.0. The number of benzene rings is 2. The van der Waals surface area contributed by atoms with Crippen LogP contribution in [0, 0.1) is 0 Å². The number of allylic oxidation sites excluding steroid dienone is 1. The SMILES string of the molecule is CCC1=C(C(=O)OC)[C@H](c2ccccc2)n2c(s/c(=C\c3cc(Br)c(OCC(=O)O)c(OC)c3)c2=O)=N1. The second kappa shape index (κ2) is 11.1. The normalized spacial score (nSPS) is 15.1. The van der Waals surface area contributed by atoms with Gasteiger partial charge in [-0.15, -0.1) is 0 Å². The number of methoxy groups -OCH3 is 2. The molecule has 2 heterocycles. The average molecular weight is 587 g/mol. The summed E-state index contributed by atoms with van der Waals surface area (Å²) in [6.45, 7) is 1.37. The topological polar surface area (TPSA) is 116 Å². The van der Waals surface area contributed by atoms with Crippen LogP contribution in [0.15, 0.2) is 68.0 Å². The van der Waals surface area contributed by atoms with Crippen molar-refractivity contribution >= 4 is 45.3 Å². The van der Waals surface area contributed by atoms with Gasteiger partial charge >= 0.3 is 11.9 Å². The Kier molecular flexibility index (Phi) is 7.94. The van der Waals surface area contributed by atoms with Crippen molar-refractivity contribution in [1.82, 2.24) is 4.57 Å². The summed E-state index contributed by atoms with van der Waals surface area (Å²) in [4.78, 5) is 42.6. The Bertz CT molecular complexity index is 1570. The van der Waals surface area contributed by atoms with E-state index in [2.05, 4.69) is 20.9 Å². The molecule has 0 spiro atoms. The number of carbonyl (C=O) groups excluding carboxylic acids is 1. The molecule has 0 bridgehead atoms. The van der Waals surface area contributed by atoms with Crippen LogP contribution in [-0.2, 0) is 14.3 Å². The molecule has 4 rings (SSSR count). The van der Waals surface area contributed by atoms with E-state index in [0.29, 0.717) is 42.8 Å². The van der Waals surface area contributed by atoms with Gasteiger partial charge in [-0.25, -0.2) is 14.6 Å². The maximum atomic E-state index is 13.7. The summed E-state index contributed by atoms with van der Waals surface area (Å²) in [5.74, 6) is -1.11. The zero-order valence-electron chi connectivity index (χ0n) is 20.2. The smallest absolute Gasteiger partial charge is 0.341 e. The Balaban J connectivity index is 1.90. The number of aromatic nitrogens is 1. The first kappa shape index (κ1) is 26.4. The number of esters is 1. The van der Waals surface area contributed by atoms with Crippen molar-refractivity contribution in [1.29, 1.82) is 0 Å². The molecule has 2 aromatic carbocycles. The number of hydrogen-bond donors (Lipinski definition) is 1. The number of aliphatic carboxylic acids is 1. The van der Waals surface area contributed by atoms with E-state index in [1.54, 1.807) is 18.2 Å². The van der Waals surface area contributed by atoms with Crippen molar-refractivity contribution < 1.29 is 28.9 Å². The lowest BCUT2D eigenvalue weighted by atomic mass is 9.95. The van der Waals surface area contributed by atoms with E-state index in [9.17, 15) is 14.4 Å². The molecule has 1 atom stereocenters. The molecular weight excluding hydrogens is 564 g/mol.